The van der Waals surface area contributed by atoms with Crippen molar-refractivity contribution in [2.45, 2.75) is 31.6 Å². The Balaban J connectivity index is 2.02. The van der Waals surface area contributed by atoms with Crippen molar-refractivity contribution in [2.24, 2.45) is 0 Å². The molecular formula is C19H24N2O5S2. The SMILES string of the molecule is COc1cc(C)c(C)cc1S(=O)(=O)Nc1ccc2c(c1)N(S(C)(=O)=O)CCC2. The van der Waals surface area contributed by atoms with E-state index >= 15 is 0 Å². The van der Waals surface area contributed by atoms with E-state index in [4.69, 9.17) is 4.74 Å². The number of nitrogens with one attached hydrogen (secondary N) is 1. The second-order valence-corrected chi connectivity index (χ2v) is 10.5. The molecule has 1 aliphatic heterocycles. The van der Waals surface area contributed by atoms with Crippen LogP contribution < -0.4 is 13.8 Å². The lowest BCUT2D eigenvalue weighted by atomic mass is 10.0. The number of sulfonamides is 2. The van der Waals surface area contributed by atoms with Crippen molar-refractivity contribution in [2.75, 3.05) is 28.9 Å². The molecule has 0 saturated carbocycles. The fraction of sp³-hybridized carbons (Fsp3) is 0.368. The summed E-state index contributed by atoms with van der Waals surface area (Å²) in [5.41, 5.74) is 3.45. The summed E-state index contributed by atoms with van der Waals surface area (Å²) in [7, 11) is -5.93. The predicted molar refractivity (Wildman–Crippen MR) is 110 cm³/mol. The van der Waals surface area contributed by atoms with Gasteiger partial charge in [0.2, 0.25) is 10.0 Å². The Labute approximate surface area is 166 Å². The normalized spacial score (nSPS) is 14.5. The van der Waals surface area contributed by atoms with Gasteiger partial charge in [-0.3, -0.25) is 9.03 Å². The smallest absolute Gasteiger partial charge is 0.265 e. The van der Waals surface area contributed by atoms with Gasteiger partial charge in [-0.15, -0.1) is 0 Å². The van der Waals surface area contributed by atoms with E-state index in [2.05, 4.69) is 4.72 Å². The molecule has 2 aromatic carbocycles. The molecule has 0 aromatic heterocycles. The summed E-state index contributed by atoms with van der Waals surface area (Å²) in [5.74, 6) is 0.256. The average molecular weight is 425 g/mol. The van der Waals surface area contributed by atoms with Gasteiger partial charge in [0.15, 0.2) is 0 Å². The van der Waals surface area contributed by atoms with Crippen LogP contribution in [0.15, 0.2) is 35.2 Å². The van der Waals surface area contributed by atoms with E-state index in [0.29, 0.717) is 17.9 Å². The van der Waals surface area contributed by atoms with Crippen molar-refractivity contribution >= 4 is 31.4 Å². The van der Waals surface area contributed by atoms with Gasteiger partial charge in [0.1, 0.15) is 10.6 Å². The van der Waals surface area contributed by atoms with Crippen LogP contribution in [-0.2, 0) is 26.5 Å². The van der Waals surface area contributed by atoms with Gasteiger partial charge in [-0.25, -0.2) is 16.8 Å². The fourth-order valence-corrected chi connectivity index (χ4v) is 5.57. The standard InChI is InChI=1S/C19H24N2O5S2/c1-13-10-18(26-3)19(11-14(13)2)28(24,25)20-16-8-7-15-6-5-9-21(17(15)12-16)27(4,22)23/h7-8,10-12,20H,5-6,9H2,1-4H3. The first-order chi connectivity index (χ1) is 13.0. The first kappa shape index (κ1) is 20.5. The van der Waals surface area contributed by atoms with Crippen molar-refractivity contribution in [3.63, 3.8) is 0 Å². The molecule has 0 atom stereocenters. The van der Waals surface area contributed by atoms with Gasteiger partial charge in [0.25, 0.3) is 10.0 Å². The molecule has 2 aromatic rings. The third-order valence-corrected chi connectivity index (χ3v) is 7.47. The van der Waals surface area contributed by atoms with E-state index in [9.17, 15) is 16.8 Å². The molecule has 0 saturated heterocycles. The van der Waals surface area contributed by atoms with Gasteiger partial charge >= 0.3 is 0 Å². The second kappa shape index (κ2) is 7.29. The largest absolute Gasteiger partial charge is 0.495 e. The van der Waals surface area contributed by atoms with Crippen LogP contribution in [-0.4, -0.2) is 36.7 Å². The highest BCUT2D eigenvalue weighted by atomic mass is 32.2. The number of methoxy groups -OCH3 is 1. The maximum Gasteiger partial charge on any atom is 0.265 e. The monoisotopic (exact) mass is 424 g/mol. The molecule has 9 heteroatoms. The van der Waals surface area contributed by atoms with Crippen LogP contribution in [0.25, 0.3) is 0 Å². The number of nitrogens with zero attached hydrogens (tertiary/aromatic N) is 1. The molecule has 0 amide bonds. The van der Waals surface area contributed by atoms with Crippen LogP contribution in [0.2, 0.25) is 0 Å². The van der Waals surface area contributed by atoms with Gasteiger partial charge in [-0.2, -0.15) is 0 Å². The summed E-state index contributed by atoms with van der Waals surface area (Å²) < 4.78 is 59.2. The summed E-state index contributed by atoms with van der Waals surface area (Å²) in [6.45, 7) is 4.09. The zero-order chi connectivity index (χ0) is 20.7. The summed E-state index contributed by atoms with van der Waals surface area (Å²) in [6.07, 6.45) is 2.63. The lowest BCUT2D eigenvalue weighted by Crippen LogP contribution is -2.34. The highest BCUT2D eigenvalue weighted by Gasteiger charge is 2.26. The highest BCUT2D eigenvalue weighted by Crippen LogP contribution is 2.34. The molecule has 0 bridgehead atoms. The van der Waals surface area contributed by atoms with E-state index in [0.717, 1.165) is 35.8 Å². The van der Waals surface area contributed by atoms with Gasteiger partial charge in [0, 0.05) is 6.54 Å². The highest BCUT2D eigenvalue weighted by molar-refractivity contribution is 7.93. The molecule has 0 spiro atoms. The number of aryl methyl sites for hydroxylation is 3. The molecule has 0 unspecified atom stereocenters. The molecule has 0 aliphatic carbocycles. The Hall–Kier alpha value is -2.26. The second-order valence-electron chi connectivity index (χ2n) is 6.97. The van der Waals surface area contributed by atoms with Crippen LogP contribution in [0.4, 0.5) is 11.4 Å². The van der Waals surface area contributed by atoms with E-state index < -0.39 is 20.0 Å². The molecule has 28 heavy (non-hydrogen) atoms. The van der Waals surface area contributed by atoms with Gasteiger partial charge in [-0.05, 0) is 67.6 Å². The summed E-state index contributed by atoms with van der Waals surface area (Å²) in [5, 5.41) is 0. The van der Waals surface area contributed by atoms with Gasteiger partial charge < -0.3 is 4.74 Å². The molecule has 0 radical (unpaired) electrons. The van der Waals surface area contributed by atoms with Crippen LogP contribution in [0.5, 0.6) is 5.75 Å². The summed E-state index contributed by atoms with van der Waals surface area (Å²) in [4.78, 5) is 0.0378. The zero-order valence-electron chi connectivity index (χ0n) is 16.3. The van der Waals surface area contributed by atoms with E-state index in [1.165, 1.54) is 11.4 Å². The first-order valence-electron chi connectivity index (χ1n) is 8.81. The topological polar surface area (TPSA) is 92.8 Å². The average Bonchev–Trinajstić information content (AvgIpc) is 2.61. The maximum absolute atomic E-state index is 13.0. The third-order valence-electron chi connectivity index (χ3n) is 4.88. The molecule has 7 nitrogen and oxygen atoms in total. The van der Waals surface area contributed by atoms with Crippen LogP contribution >= 0.6 is 0 Å². The van der Waals surface area contributed by atoms with Gasteiger partial charge in [0.05, 0.1) is 24.7 Å². The van der Waals surface area contributed by atoms with Gasteiger partial charge in [-0.1, -0.05) is 6.07 Å². The molecule has 152 valence electrons. The molecule has 0 fully saturated rings. The number of benzene rings is 2. The molecular weight excluding hydrogens is 400 g/mol. The number of fused-ring (bicyclic) bond motifs is 1. The Bertz CT molecular complexity index is 1130. The first-order valence-corrected chi connectivity index (χ1v) is 12.1. The lowest BCUT2D eigenvalue weighted by molar-refractivity contribution is 0.402. The van der Waals surface area contributed by atoms with Crippen molar-refractivity contribution in [3.05, 3.63) is 47.0 Å². The Morgan fingerprint density at radius 1 is 1.04 bits per heavy atom. The van der Waals surface area contributed by atoms with Crippen molar-refractivity contribution in [1.82, 2.24) is 0 Å². The van der Waals surface area contributed by atoms with Crippen LogP contribution in [0.3, 0.4) is 0 Å². The lowest BCUT2D eigenvalue weighted by Gasteiger charge is -2.29. The fourth-order valence-electron chi connectivity index (χ4n) is 3.29. The van der Waals surface area contributed by atoms with E-state index in [1.54, 1.807) is 30.3 Å². The quantitative estimate of drug-likeness (QED) is 0.797. The Morgan fingerprint density at radius 3 is 2.36 bits per heavy atom. The third kappa shape index (κ3) is 3.95. The molecule has 1 heterocycles. The van der Waals surface area contributed by atoms with E-state index in [1.807, 2.05) is 13.8 Å². The number of hydrogen-bond donors (Lipinski definition) is 1. The minimum absolute atomic E-state index is 0.0378. The van der Waals surface area contributed by atoms with Crippen LogP contribution in [0, 0.1) is 13.8 Å². The number of hydrogen-bond acceptors (Lipinski definition) is 5. The summed E-state index contributed by atoms with van der Waals surface area (Å²) in [6, 6.07) is 8.23. The zero-order valence-corrected chi connectivity index (χ0v) is 17.9. The number of rotatable bonds is 5. The van der Waals surface area contributed by atoms with Crippen LogP contribution in [0.1, 0.15) is 23.1 Å². The van der Waals surface area contributed by atoms with E-state index in [-0.39, 0.29) is 10.6 Å². The van der Waals surface area contributed by atoms with Crippen molar-refractivity contribution in [1.29, 1.82) is 0 Å². The molecule has 1 N–H and O–H groups in total. The Kier molecular flexibility index (Phi) is 5.33. The maximum atomic E-state index is 13.0. The predicted octanol–water partition coefficient (Wildman–Crippen LogP) is 2.83. The number of anilines is 2. The Morgan fingerprint density at radius 2 is 1.71 bits per heavy atom. The van der Waals surface area contributed by atoms with Crippen molar-refractivity contribution in [3.8, 4) is 5.75 Å². The minimum Gasteiger partial charge on any atom is -0.495 e. The summed E-state index contributed by atoms with van der Waals surface area (Å²) >= 11 is 0. The van der Waals surface area contributed by atoms with Crippen molar-refractivity contribution < 1.29 is 21.6 Å². The molecule has 1 aliphatic rings. The minimum atomic E-state index is -3.92. The molecule has 3 rings (SSSR count). The number of ether oxygens (including phenoxy) is 1.